The van der Waals surface area contributed by atoms with Crippen LogP contribution in [-0.4, -0.2) is 17.2 Å². The van der Waals surface area contributed by atoms with Crippen molar-refractivity contribution in [3.63, 3.8) is 0 Å². The number of hydrogen-bond donors (Lipinski definition) is 0. The minimum Gasteiger partial charge on any atom is -0.545 e. The fourth-order valence-corrected chi connectivity index (χ4v) is 0.701. The first-order chi connectivity index (χ1) is 4.57. The van der Waals surface area contributed by atoms with Crippen LogP contribution in [-0.2, 0) is 4.79 Å². The first-order valence-electron chi connectivity index (χ1n) is 2.67. The van der Waals surface area contributed by atoms with Crippen molar-refractivity contribution in [3.8, 4) is 0 Å². The molecule has 1 unspecified atom stereocenters. The maximum atomic E-state index is 10.0. The lowest BCUT2D eigenvalue weighted by molar-refractivity contribution is -0.299. The van der Waals surface area contributed by atoms with Crippen LogP contribution in [0.15, 0.2) is 12.2 Å². The molecule has 0 aliphatic carbocycles. The van der Waals surface area contributed by atoms with E-state index in [0.29, 0.717) is 0 Å². The van der Waals surface area contributed by atoms with Gasteiger partial charge in [-0.3, -0.25) is 0 Å². The summed E-state index contributed by atoms with van der Waals surface area (Å²) < 4.78 is 0. The monoisotopic (exact) mass is 181 g/mol. The van der Waals surface area contributed by atoms with E-state index in [-0.39, 0.29) is 23.3 Å². The second-order valence-electron chi connectivity index (χ2n) is 1.85. The van der Waals surface area contributed by atoms with Gasteiger partial charge < -0.3 is 9.90 Å². The molecule has 2 nitrogen and oxygen atoms in total. The van der Waals surface area contributed by atoms with Crippen molar-refractivity contribution in [1.82, 2.24) is 0 Å². The smallest absolute Gasteiger partial charge is 0.0669 e. The van der Waals surface area contributed by atoms with Gasteiger partial charge in [-0.1, -0.05) is 6.58 Å². The minimum absolute atomic E-state index is 0.0133. The lowest BCUT2D eigenvalue weighted by Crippen LogP contribution is -2.25. The van der Waals surface area contributed by atoms with Gasteiger partial charge in [0.05, 0.1) is 11.3 Å². The molecule has 0 aromatic carbocycles. The highest BCUT2D eigenvalue weighted by Gasteiger charge is 2.04. The van der Waals surface area contributed by atoms with Gasteiger partial charge in [0.1, 0.15) is 0 Å². The first-order valence-corrected chi connectivity index (χ1v) is 3.64. The maximum Gasteiger partial charge on any atom is 0.0669 e. The summed E-state index contributed by atoms with van der Waals surface area (Å²) in [6.45, 7) is 3.24. The summed E-state index contributed by atoms with van der Waals surface area (Å²) in [5, 5.41) is 9.67. The predicted molar refractivity (Wildman–Crippen MR) is 39.1 cm³/mol. The molecule has 0 aromatic rings. The molecule has 0 bridgehead atoms. The molecule has 0 aliphatic heterocycles. The van der Waals surface area contributed by atoms with Crippen molar-refractivity contribution in [1.29, 1.82) is 0 Å². The Bertz CT molecular complexity index is 145. The lowest BCUT2D eigenvalue weighted by Gasteiger charge is -2.08. The van der Waals surface area contributed by atoms with Crippen LogP contribution in [0.3, 0.4) is 0 Å². The number of carbonyl (C=O) groups excluding carboxylic acids is 1. The highest BCUT2D eigenvalue weighted by molar-refractivity contribution is 6.28. The Balaban J connectivity index is 3.68. The summed E-state index contributed by atoms with van der Waals surface area (Å²) in [5.74, 6) is -1.05. The Hall–Kier alpha value is -0.210. The standard InChI is InChI=1S/C6H8Cl2O2/c1-4(6(9)10)2-5(8)3-7/h5H,1-3H2,(H,9,10)/p-1. The first kappa shape index (κ1) is 9.79. The van der Waals surface area contributed by atoms with Crippen LogP contribution in [0.5, 0.6) is 0 Å². The van der Waals surface area contributed by atoms with Gasteiger partial charge in [0, 0.05) is 5.88 Å². The average Bonchev–Trinajstić information content (AvgIpc) is 1.87. The van der Waals surface area contributed by atoms with Crippen LogP contribution in [0.1, 0.15) is 6.42 Å². The van der Waals surface area contributed by atoms with E-state index in [1.165, 1.54) is 0 Å². The molecule has 0 N–H and O–H groups in total. The molecule has 0 aromatic heterocycles. The molecule has 0 saturated carbocycles. The molecular formula is C6H7Cl2O2-. The van der Waals surface area contributed by atoms with Gasteiger partial charge in [-0.2, -0.15) is 0 Å². The summed E-state index contributed by atoms with van der Waals surface area (Å²) in [7, 11) is 0. The zero-order chi connectivity index (χ0) is 8.15. The largest absolute Gasteiger partial charge is 0.545 e. The zero-order valence-electron chi connectivity index (χ0n) is 5.27. The maximum absolute atomic E-state index is 10.0. The molecule has 0 saturated heterocycles. The SMILES string of the molecule is C=C(CC(Cl)CCl)C(=O)[O-]. The van der Waals surface area contributed by atoms with Gasteiger partial charge in [0.15, 0.2) is 0 Å². The molecule has 0 amide bonds. The number of aliphatic carboxylic acids is 1. The Morgan fingerprint density at radius 1 is 1.70 bits per heavy atom. The van der Waals surface area contributed by atoms with E-state index in [1.54, 1.807) is 0 Å². The molecular weight excluding hydrogens is 175 g/mol. The van der Waals surface area contributed by atoms with Crippen molar-refractivity contribution in [3.05, 3.63) is 12.2 Å². The van der Waals surface area contributed by atoms with E-state index in [9.17, 15) is 9.90 Å². The molecule has 0 spiro atoms. The van der Waals surface area contributed by atoms with Crippen molar-refractivity contribution in [2.24, 2.45) is 0 Å². The third kappa shape index (κ3) is 3.75. The molecule has 0 rings (SSSR count). The van der Waals surface area contributed by atoms with Gasteiger partial charge in [-0.05, 0) is 12.0 Å². The third-order valence-electron chi connectivity index (χ3n) is 0.924. The number of carboxylic acid groups (broad SMARTS) is 1. The van der Waals surface area contributed by atoms with Crippen molar-refractivity contribution in [2.45, 2.75) is 11.8 Å². The zero-order valence-corrected chi connectivity index (χ0v) is 6.78. The summed E-state index contributed by atoms with van der Waals surface area (Å²) in [4.78, 5) is 10.0. The number of carboxylic acids is 1. The quantitative estimate of drug-likeness (QED) is 0.469. The lowest BCUT2D eigenvalue weighted by atomic mass is 10.2. The Morgan fingerprint density at radius 3 is 2.50 bits per heavy atom. The average molecular weight is 182 g/mol. The van der Waals surface area contributed by atoms with Gasteiger partial charge >= 0.3 is 0 Å². The fraction of sp³-hybridized carbons (Fsp3) is 0.500. The molecule has 0 heterocycles. The van der Waals surface area contributed by atoms with Crippen LogP contribution in [0, 0.1) is 0 Å². The van der Waals surface area contributed by atoms with E-state index in [1.807, 2.05) is 0 Å². The summed E-state index contributed by atoms with van der Waals surface area (Å²) in [6.07, 6.45) is 0.174. The van der Waals surface area contributed by atoms with Gasteiger partial charge in [0.2, 0.25) is 0 Å². The Labute approximate surface area is 69.4 Å². The van der Waals surface area contributed by atoms with E-state index in [2.05, 4.69) is 6.58 Å². The van der Waals surface area contributed by atoms with E-state index in [0.717, 1.165) is 0 Å². The number of halogens is 2. The highest BCUT2D eigenvalue weighted by atomic mass is 35.5. The second-order valence-corrected chi connectivity index (χ2v) is 2.77. The van der Waals surface area contributed by atoms with Crippen LogP contribution in [0.4, 0.5) is 0 Å². The molecule has 0 fully saturated rings. The topological polar surface area (TPSA) is 40.1 Å². The third-order valence-corrected chi connectivity index (χ3v) is 1.76. The van der Waals surface area contributed by atoms with Gasteiger partial charge in [-0.15, -0.1) is 23.2 Å². The van der Waals surface area contributed by atoms with Crippen LogP contribution >= 0.6 is 23.2 Å². The van der Waals surface area contributed by atoms with Crippen LogP contribution < -0.4 is 5.11 Å². The number of carbonyl (C=O) groups is 1. The number of rotatable bonds is 4. The summed E-state index contributed by atoms with van der Waals surface area (Å²) in [5.41, 5.74) is -0.0133. The normalized spacial score (nSPS) is 12.6. The fourth-order valence-electron chi connectivity index (χ4n) is 0.405. The Morgan fingerprint density at radius 2 is 2.20 bits per heavy atom. The molecule has 0 radical (unpaired) electrons. The van der Waals surface area contributed by atoms with E-state index in [4.69, 9.17) is 23.2 Å². The highest BCUT2D eigenvalue weighted by Crippen LogP contribution is 2.09. The van der Waals surface area contributed by atoms with Crippen molar-refractivity contribution in [2.75, 3.05) is 5.88 Å². The van der Waals surface area contributed by atoms with Crippen LogP contribution in [0.2, 0.25) is 0 Å². The number of hydrogen-bond acceptors (Lipinski definition) is 2. The summed E-state index contributed by atoms with van der Waals surface area (Å²) in [6, 6.07) is 0. The molecule has 0 aliphatic rings. The minimum atomic E-state index is -1.27. The predicted octanol–water partition coefficient (Wildman–Crippen LogP) is 0.529. The molecule has 10 heavy (non-hydrogen) atoms. The molecule has 4 heteroatoms. The summed E-state index contributed by atoms with van der Waals surface area (Å²) >= 11 is 10.8. The van der Waals surface area contributed by atoms with Crippen molar-refractivity contribution >= 4 is 29.2 Å². The van der Waals surface area contributed by atoms with Crippen molar-refractivity contribution < 1.29 is 9.90 Å². The number of alkyl halides is 2. The van der Waals surface area contributed by atoms with Gasteiger partial charge in [-0.25, -0.2) is 0 Å². The van der Waals surface area contributed by atoms with E-state index >= 15 is 0 Å². The second kappa shape index (κ2) is 4.58. The molecule has 1 atom stereocenters. The van der Waals surface area contributed by atoms with Gasteiger partial charge in [0.25, 0.3) is 0 Å². The van der Waals surface area contributed by atoms with Crippen LogP contribution in [0.25, 0.3) is 0 Å². The van der Waals surface area contributed by atoms with E-state index < -0.39 is 5.97 Å². The Kier molecular flexibility index (Phi) is 4.49. The molecule has 58 valence electrons.